The second-order valence-corrected chi connectivity index (χ2v) is 5.00. The molecule has 1 aromatic rings. The Morgan fingerprint density at radius 2 is 2.20 bits per heavy atom. The molecule has 0 fully saturated rings. The van der Waals surface area contributed by atoms with Gasteiger partial charge in [0, 0.05) is 18.8 Å². The van der Waals surface area contributed by atoms with Gasteiger partial charge in [-0.05, 0) is 43.0 Å². The number of aryl methyl sites for hydroxylation is 1. The van der Waals surface area contributed by atoms with Crippen LogP contribution in [0.4, 0.5) is 5.69 Å². The van der Waals surface area contributed by atoms with Gasteiger partial charge >= 0.3 is 5.97 Å². The molecule has 1 aliphatic rings. The van der Waals surface area contributed by atoms with Crippen LogP contribution in [0.3, 0.4) is 0 Å². The number of unbranched alkanes of at least 4 members (excludes halogenated alkanes) is 1. The number of fused-ring (bicyclic) bond motifs is 1. The Morgan fingerprint density at radius 3 is 3.05 bits per heavy atom. The van der Waals surface area contributed by atoms with Gasteiger partial charge in [-0.2, -0.15) is 0 Å². The molecule has 1 aliphatic heterocycles. The van der Waals surface area contributed by atoms with Crippen LogP contribution in [-0.4, -0.2) is 32.3 Å². The molecule has 0 radical (unpaired) electrons. The first-order chi connectivity index (χ1) is 9.81. The van der Waals surface area contributed by atoms with E-state index in [1.807, 2.05) is 18.2 Å². The van der Waals surface area contributed by atoms with Gasteiger partial charge in [0.25, 0.3) is 0 Å². The van der Waals surface area contributed by atoms with Crippen LogP contribution in [0, 0.1) is 0 Å². The number of carbonyl (C=O) groups is 1. The van der Waals surface area contributed by atoms with Gasteiger partial charge in [-0.3, -0.25) is 0 Å². The van der Waals surface area contributed by atoms with Crippen LogP contribution < -0.4 is 5.32 Å². The Balaban J connectivity index is 1.77. The van der Waals surface area contributed by atoms with E-state index in [-0.39, 0.29) is 5.97 Å². The third-order valence-electron chi connectivity index (χ3n) is 3.38. The summed E-state index contributed by atoms with van der Waals surface area (Å²) in [6, 6.07) is 5.71. The lowest BCUT2D eigenvalue weighted by Crippen LogP contribution is -2.14. The Kier molecular flexibility index (Phi) is 5.87. The van der Waals surface area contributed by atoms with Crippen LogP contribution in [0.2, 0.25) is 0 Å². The summed E-state index contributed by atoms with van der Waals surface area (Å²) in [6.45, 7) is 4.65. The minimum Gasteiger partial charge on any atom is -0.460 e. The molecule has 1 N–H and O–H groups in total. The van der Waals surface area contributed by atoms with E-state index in [9.17, 15) is 4.79 Å². The number of anilines is 1. The molecule has 0 saturated carbocycles. The van der Waals surface area contributed by atoms with Crippen molar-refractivity contribution < 1.29 is 14.3 Å². The highest BCUT2D eigenvalue weighted by atomic mass is 16.6. The maximum absolute atomic E-state index is 11.9. The number of esters is 1. The minimum atomic E-state index is -0.266. The van der Waals surface area contributed by atoms with Crippen LogP contribution in [0.15, 0.2) is 18.2 Å². The van der Waals surface area contributed by atoms with Crippen molar-refractivity contribution in [3.05, 3.63) is 29.3 Å². The van der Waals surface area contributed by atoms with Crippen LogP contribution in [0.25, 0.3) is 0 Å². The van der Waals surface area contributed by atoms with Crippen molar-refractivity contribution in [3.8, 4) is 0 Å². The average Bonchev–Trinajstić information content (AvgIpc) is 2.50. The van der Waals surface area contributed by atoms with Gasteiger partial charge in [-0.1, -0.05) is 13.3 Å². The lowest BCUT2D eigenvalue weighted by Gasteiger charge is -2.18. The summed E-state index contributed by atoms with van der Waals surface area (Å²) in [6.07, 6.45) is 4.29. The first-order valence-electron chi connectivity index (χ1n) is 7.43. The minimum absolute atomic E-state index is 0.266. The summed E-state index contributed by atoms with van der Waals surface area (Å²) in [4.78, 5) is 11.9. The zero-order chi connectivity index (χ0) is 14.2. The number of hydrogen-bond donors (Lipinski definition) is 1. The summed E-state index contributed by atoms with van der Waals surface area (Å²) in [5.74, 6) is -0.266. The Labute approximate surface area is 120 Å². The van der Waals surface area contributed by atoms with Crippen molar-refractivity contribution in [1.82, 2.24) is 0 Å². The monoisotopic (exact) mass is 277 g/mol. The Morgan fingerprint density at radius 1 is 1.30 bits per heavy atom. The van der Waals surface area contributed by atoms with Gasteiger partial charge in [0.05, 0.1) is 12.2 Å². The molecule has 1 aromatic carbocycles. The third-order valence-corrected chi connectivity index (χ3v) is 3.38. The molecule has 0 unspecified atom stereocenters. The molecular weight excluding hydrogens is 254 g/mol. The van der Waals surface area contributed by atoms with E-state index < -0.39 is 0 Å². The van der Waals surface area contributed by atoms with Gasteiger partial charge < -0.3 is 14.8 Å². The molecular formula is C16H23NO3. The van der Waals surface area contributed by atoms with Gasteiger partial charge in [0.1, 0.15) is 6.61 Å². The van der Waals surface area contributed by atoms with E-state index in [1.54, 1.807) is 0 Å². The molecule has 0 atom stereocenters. The predicted molar refractivity (Wildman–Crippen MR) is 79.3 cm³/mol. The molecule has 0 amide bonds. The number of nitrogens with one attached hydrogen (secondary N) is 1. The Hall–Kier alpha value is -1.55. The van der Waals surface area contributed by atoms with Crippen molar-refractivity contribution >= 4 is 11.7 Å². The molecule has 0 aliphatic carbocycles. The average molecular weight is 277 g/mol. The van der Waals surface area contributed by atoms with E-state index in [4.69, 9.17) is 9.47 Å². The first-order valence-corrected chi connectivity index (χ1v) is 7.43. The summed E-state index contributed by atoms with van der Waals surface area (Å²) in [5, 5.41) is 3.33. The van der Waals surface area contributed by atoms with Crippen molar-refractivity contribution in [2.24, 2.45) is 0 Å². The number of rotatable bonds is 7. The van der Waals surface area contributed by atoms with Gasteiger partial charge in [0.15, 0.2) is 0 Å². The van der Waals surface area contributed by atoms with E-state index in [0.29, 0.717) is 18.8 Å². The predicted octanol–water partition coefficient (Wildman–Crippen LogP) is 3.02. The Bertz CT molecular complexity index is 445. The fourth-order valence-corrected chi connectivity index (χ4v) is 2.23. The highest BCUT2D eigenvalue weighted by Gasteiger charge is 2.13. The van der Waals surface area contributed by atoms with E-state index in [2.05, 4.69) is 12.2 Å². The molecule has 0 bridgehead atoms. The maximum atomic E-state index is 11.9. The molecule has 1 heterocycles. The summed E-state index contributed by atoms with van der Waals surface area (Å²) < 4.78 is 10.6. The normalized spacial score (nSPS) is 13.4. The molecule has 20 heavy (non-hydrogen) atoms. The van der Waals surface area contributed by atoms with Gasteiger partial charge in [0.2, 0.25) is 0 Å². The summed E-state index contributed by atoms with van der Waals surface area (Å²) in [7, 11) is 0. The lowest BCUT2D eigenvalue weighted by molar-refractivity contribution is 0.0314. The topological polar surface area (TPSA) is 47.6 Å². The zero-order valence-electron chi connectivity index (χ0n) is 12.1. The largest absolute Gasteiger partial charge is 0.460 e. The number of hydrogen-bond acceptors (Lipinski definition) is 4. The zero-order valence-corrected chi connectivity index (χ0v) is 12.1. The van der Waals surface area contributed by atoms with E-state index in [0.717, 1.165) is 44.5 Å². The van der Waals surface area contributed by atoms with E-state index in [1.165, 1.54) is 5.56 Å². The smallest absolute Gasteiger partial charge is 0.338 e. The highest BCUT2D eigenvalue weighted by Crippen LogP contribution is 2.23. The third kappa shape index (κ3) is 4.23. The molecule has 4 nitrogen and oxygen atoms in total. The lowest BCUT2D eigenvalue weighted by atomic mass is 10.0. The molecule has 110 valence electrons. The van der Waals surface area contributed by atoms with Crippen molar-refractivity contribution in [2.75, 3.05) is 31.7 Å². The van der Waals surface area contributed by atoms with Gasteiger partial charge in [-0.25, -0.2) is 4.79 Å². The van der Waals surface area contributed by atoms with E-state index >= 15 is 0 Å². The van der Waals surface area contributed by atoms with Crippen molar-refractivity contribution in [1.29, 1.82) is 0 Å². The molecule has 2 rings (SSSR count). The maximum Gasteiger partial charge on any atom is 0.338 e. The number of ether oxygens (including phenoxy) is 2. The van der Waals surface area contributed by atoms with Crippen LogP contribution in [0.5, 0.6) is 0 Å². The summed E-state index contributed by atoms with van der Waals surface area (Å²) >= 11 is 0. The fourth-order valence-electron chi connectivity index (χ4n) is 2.23. The van der Waals surface area contributed by atoms with Crippen molar-refractivity contribution in [2.45, 2.75) is 32.6 Å². The second kappa shape index (κ2) is 7.90. The SMILES string of the molecule is CCCCOCCOC(=O)c1ccc2c(c1)CCCN2. The molecule has 0 spiro atoms. The van der Waals surface area contributed by atoms with Crippen LogP contribution in [-0.2, 0) is 15.9 Å². The first kappa shape index (κ1) is 14.9. The standard InChI is InChI=1S/C16H23NO3/c1-2-3-9-19-10-11-20-16(18)14-6-7-15-13(12-14)5-4-8-17-15/h6-7,12,17H,2-5,8-11H2,1H3. The number of carbonyl (C=O) groups excluding carboxylic acids is 1. The van der Waals surface area contributed by atoms with Crippen LogP contribution in [0.1, 0.15) is 42.1 Å². The molecule has 4 heteroatoms. The molecule has 0 saturated heterocycles. The quantitative estimate of drug-likeness (QED) is 0.615. The van der Waals surface area contributed by atoms with Crippen molar-refractivity contribution in [3.63, 3.8) is 0 Å². The fraction of sp³-hybridized carbons (Fsp3) is 0.562. The molecule has 0 aromatic heterocycles. The number of benzene rings is 1. The second-order valence-electron chi connectivity index (χ2n) is 5.00. The van der Waals surface area contributed by atoms with Crippen LogP contribution >= 0.6 is 0 Å². The highest BCUT2D eigenvalue weighted by molar-refractivity contribution is 5.90. The summed E-state index contributed by atoms with van der Waals surface area (Å²) in [5.41, 5.74) is 2.96. The van der Waals surface area contributed by atoms with Gasteiger partial charge in [-0.15, -0.1) is 0 Å².